The van der Waals surface area contributed by atoms with E-state index in [0.717, 1.165) is 25.0 Å². The summed E-state index contributed by atoms with van der Waals surface area (Å²) in [5.41, 5.74) is 0. The molecule has 0 radical (unpaired) electrons. The molecule has 0 spiro atoms. The number of hydrogen-bond donors (Lipinski definition) is 2. The van der Waals surface area contributed by atoms with Crippen molar-refractivity contribution < 1.29 is 15.0 Å². The van der Waals surface area contributed by atoms with Crippen molar-refractivity contribution in [2.75, 3.05) is 12.0 Å². The Labute approximate surface area is 96.3 Å². The van der Waals surface area contributed by atoms with Gasteiger partial charge in [-0.05, 0) is 31.3 Å². The van der Waals surface area contributed by atoms with Gasteiger partial charge in [-0.2, -0.15) is 11.8 Å². The Hall–Kier alpha value is -0.220. The van der Waals surface area contributed by atoms with E-state index >= 15 is 0 Å². The molecule has 0 heterocycles. The lowest BCUT2D eigenvalue weighted by molar-refractivity contribution is -0.146. The van der Waals surface area contributed by atoms with Gasteiger partial charge in [0.15, 0.2) is 0 Å². The van der Waals surface area contributed by atoms with E-state index < -0.39 is 18.0 Å². The van der Waals surface area contributed by atoms with Crippen molar-refractivity contribution in [3.8, 4) is 0 Å². The molecule has 4 heteroatoms. The Kier molecular flexibility index (Phi) is 8.91. The number of aliphatic carboxylic acids is 1. The molecule has 2 atom stereocenters. The van der Waals surface area contributed by atoms with Crippen LogP contribution in [-0.4, -0.2) is 34.3 Å². The summed E-state index contributed by atoms with van der Waals surface area (Å²) in [5, 5.41) is 18.7. The lowest BCUT2D eigenvalue weighted by Gasteiger charge is -2.18. The van der Waals surface area contributed by atoms with Gasteiger partial charge in [-0.3, -0.25) is 4.79 Å². The highest BCUT2D eigenvalue weighted by atomic mass is 32.2. The van der Waals surface area contributed by atoms with Crippen molar-refractivity contribution in [1.82, 2.24) is 0 Å². The standard InChI is InChI=1S/C11H22O3S/c1-3-4-6-9(11(13)14)10(12)7-5-8-15-2/h9-10,12H,3-8H2,1-2H3,(H,13,14). The monoisotopic (exact) mass is 234 g/mol. The average molecular weight is 234 g/mol. The van der Waals surface area contributed by atoms with E-state index in [-0.39, 0.29) is 0 Å². The van der Waals surface area contributed by atoms with Crippen LogP contribution in [0.2, 0.25) is 0 Å². The maximum Gasteiger partial charge on any atom is 0.309 e. The summed E-state index contributed by atoms with van der Waals surface area (Å²) >= 11 is 1.72. The maximum absolute atomic E-state index is 10.9. The van der Waals surface area contributed by atoms with Crippen LogP contribution < -0.4 is 0 Å². The molecule has 0 aliphatic rings. The molecule has 2 unspecified atom stereocenters. The van der Waals surface area contributed by atoms with Gasteiger partial charge in [0, 0.05) is 0 Å². The predicted octanol–water partition coefficient (Wildman–Crippen LogP) is 2.38. The Bertz CT molecular complexity index is 173. The fraction of sp³-hybridized carbons (Fsp3) is 0.909. The fourth-order valence-electron chi connectivity index (χ4n) is 1.54. The third kappa shape index (κ3) is 6.79. The Balaban J connectivity index is 3.93. The van der Waals surface area contributed by atoms with E-state index in [1.165, 1.54) is 0 Å². The van der Waals surface area contributed by atoms with Gasteiger partial charge < -0.3 is 10.2 Å². The van der Waals surface area contributed by atoms with Gasteiger partial charge >= 0.3 is 5.97 Å². The van der Waals surface area contributed by atoms with Crippen LogP contribution in [0.3, 0.4) is 0 Å². The first-order valence-corrected chi connectivity index (χ1v) is 6.92. The lowest BCUT2D eigenvalue weighted by Crippen LogP contribution is -2.28. The van der Waals surface area contributed by atoms with E-state index in [1.807, 2.05) is 13.2 Å². The molecule has 3 nitrogen and oxygen atoms in total. The van der Waals surface area contributed by atoms with Crippen LogP contribution in [0.15, 0.2) is 0 Å². The van der Waals surface area contributed by atoms with Crippen LogP contribution in [0.5, 0.6) is 0 Å². The van der Waals surface area contributed by atoms with Gasteiger partial charge in [-0.25, -0.2) is 0 Å². The second-order valence-corrected chi connectivity index (χ2v) is 4.77. The summed E-state index contributed by atoms with van der Waals surface area (Å²) in [6.45, 7) is 2.03. The topological polar surface area (TPSA) is 57.5 Å². The number of aliphatic hydroxyl groups is 1. The molecule has 0 rings (SSSR count). The molecule has 0 saturated heterocycles. The first kappa shape index (κ1) is 14.8. The van der Waals surface area contributed by atoms with Crippen LogP contribution in [0.4, 0.5) is 0 Å². The second-order valence-electron chi connectivity index (χ2n) is 3.79. The molecule has 90 valence electrons. The largest absolute Gasteiger partial charge is 0.481 e. The molecule has 2 N–H and O–H groups in total. The van der Waals surface area contributed by atoms with E-state index in [0.29, 0.717) is 12.8 Å². The Morgan fingerprint density at radius 3 is 2.47 bits per heavy atom. The number of carbonyl (C=O) groups is 1. The van der Waals surface area contributed by atoms with Crippen LogP contribution in [0.1, 0.15) is 39.0 Å². The summed E-state index contributed by atoms with van der Waals surface area (Å²) < 4.78 is 0. The van der Waals surface area contributed by atoms with E-state index in [2.05, 4.69) is 0 Å². The van der Waals surface area contributed by atoms with Crippen LogP contribution in [-0.2, 0) is 4.79 Å². The number of aliphatic hydroxyl groups excluding tert-OH is 1. The minimum Gasteiger partial charge on any atom is -0.481 e. The van der Waals surface area contributed by atoms with Crippen LogP contribution in [0.25, 0.3) is 0 Å². The summed E-state index contributed by atoms with van der Waals surface area (Å²) in [6, 6.07) is 0. The minimum atomic E-state index is -0.861. The number of carboxylic acids is 1. The number of hydrogen-bond acceptors (Lipinski definition) is 3. The first-order chi connectivity index (χ1) is 7.13. The van der Waals surface area contributed by atoms with Crippen LogP contribution >= 0.6 is 11.8 Å². The molecule has 0 fully saturated rings. The molecule has 0 aromatic heterocycles. The summed E-state index contributed by atoms with van der Waals surface area (Å²) in [4.78, 5) is 10.9. The number of thioether (sulfide) groups is 1. The van der Waals surface area contributed by atoms with Gasteiger partial charge in [0.25, 0.3) is 0 Å². The Morgan fingerprint density at radius 2 is 2.00 bits per heavy atom. The quantitative estimate of drug-likeness (QED) is 0.601. The highest BCUT2D eigenvalue weighted by molar-refractivity contribution is 7.98. The van der Waals surface area contributed by atoms with Crippen molar-refractivity contribution in [1.29, 1.82) is 0 Å². The zero-order valence-corrected chi connectivity index (χ0v) is 10.4. The minimum absolute atomic E-state index is 0.577. The predicted molar refractivity (Wildman–Crippen MR) is 64.3 cm³/mol. The van der Waals surface area contributed by atoms with Gasteiger partial charge in [-0.1, -0.05) is 19.8 Å². The summed E-state index contributed by atoms with van der Waals surface area (Å²) in [7, 11) is 0. The number of carboxylic acid groups (broad SMARTS) is 1. The van der Waals surface area contributed by atoms with Crippen molar-refractivity contribution in [3.05, 3.63) is 0 Å². The molecule has 0 aliphatic heterocycles. The highest BCUT2D eigenvalue weighted by Crippen LogP contribution is 2.18. The average Bonchev–Trinajstić information content (AvgIpc) is 2.18. The SMILES string of the molecule is CCCCC(C(=O)O)C(O)CCCSC. The van der Waals surface area contributed by atoms with Crippen molar-refractivity contribution in [2.24, 2.45) is 5.92 Å². The summed E-state index contributed by atoms with van der Waals surface area (Å²) in [6.07, 6.45) is 5.25. The molecule has 0 aromatic carbocycles. The number of rotatable bonds is 9. The van der Waals surface area contributed by atoms with Gasteiger partial charge in [0.05, 0.1) is 12.0 Å². The number of unbranched alkanes of at least 4 members (excludes halogenated alkanes) is 1. The molecule has 0 aromatic rings. The van der Waals surface area contributed by atoms with Crippen molar-refractivity contribution in [3.63, 3.8) is 0 Å². The highest BCUT2D eigenvalue weighted by Gasteiger charge is 2.25. The zero-order valence-electron chi connectivity index (χ0n) is 9.61. The molecule has 15 heavy (non-hydrogen) atoms. The van der Waals surface area contributed by atoms with Crippen molar-refractivity contribution >= 4 is 17.7 Å². The van der Waals surface area contributed by atoms with E-state index in [1.54, 1.807) is 11.8 Å². The van der Waals surface area contributed by atoms with E-state index in [9.17, 15) is 9.90 Å². The zero-order chi connectivity index (χ0) is 11.7. The lowest BCUT2D eigenvalue weighted by atomic mass is 9.93. The Morgan fingerprint density at radius 1 is 1.33 bits per heavy atom. The second kappa shape index (κ2) is 9.04. The molecule has 0 saturated carbocycles. The van der Waals surface area contributed by atoms with Crippen molar-refractivity contribution in [2.45, 2.75) is 45.1 Å². The maximum atomic E-state index is 10.9. The third-order valence-corrected chi connectivity index (χ3v) is 3.20. The molecular formula is C11H22O3S. The third-order valence-electron chi connectivity index (χ3n) is 2.50. The van der Waals surface area contributed by atoms with Gasteiger partial charge in [-0.15, -0.1) is 0 Å². The van der Waals surface area contributed by atoms with Crippen LogP contribution in [0, 0.1) is 5.92 Å². The first-order valence-electron chi connectivity index (χ1n) is 5.53. The molecule has 0 bridgehead atoms. The van der Waals surface area contributed by atoms with E-state index in [4.69, 9.17) is 5.11 Å². The smallest absolute Gasteiger partial charge is 0.309 e. The van der Waals surface area contributed by atoms with Gasteiger partial charge in [0.1, 0.15) is 0 Å². The molecule has 0 amide bonds. The molecular weight excluding hydrogens is 212 g/mol. The fourth-order valence-corrected chi connectivity index (χ4v) is 2.00. The summed E-state index contributed by atoms with van der Waals surface area (Å²) in [5.74, 6) is -0.455. The normalized spacial score (nSPS) is 14.9. The van der Waals surface area contributed by atoms with Gasteiger partial charge in [0.2, 0.25) is 0 Å². The molecule has 0 aliphatic carbocycles.